The predicted octanol–water partition coefficient (Wildman–Crippen LogP) is 4.99. The van der Waals surface area contributed by atoms with Crippen LogP contribution in [0.15, 0.2) is 73.3 Å². The fraction of sp³-hybridized carbons (Fsp3) is 0.250. The first kappa shape index (κ1) is 21.2. The van der Waals surface area contributed by atoms with Crippen LogP contribution in [0, 0.1) is 0 Å². The number of benzene rings is 2. The Morgan fingerprint density at radius 2 is 1.80 bits per heavy atom. The number of hydrogen-bond acceptors (Lipinski definition) is 4. The number of allylic oxidation sites excluding steroid dienone is 1. The fourth-order valence-corrected chi connectivity index (χ4v) is 2.82. The summed E-state index contributed by atoms with van der Waals surface area (Å²) in [6, 6.07) is 15.2. The minimum atomic E-state index is -1.24. The van der Waals surface area contributed by atoms with Gasteiger partial charge in [0.25, 0.3) is 0 Å². The number of imidazole rings is 1. The van der Waals surface area contributed by atoms with Crippen molar-refractivity contribution in [1.82, 2.24) is 9.55 Å². The summed E-state index contributed by atoms with van der Waals surface area (Å²) in [5, 5.41) is 9.31. The number of carbonyl (C=O) groups is 1. The van der Waals surface area contributed by atoms with Gasteiger partial charge in [0, 0.05) is 18.1 Å². The predicted molar refractivity (Wildman–Crippen MR) is 116 cm³/mol. The molecule has 1 atom stereocenters. The second-order valence-electron chi connectivity index (χ2n) is 7.18. The van der Waals surface area contributed by atoms with Gasteiger partial charge < -0.3 is 19.1 Å². The zero-order valence-corrected chi connectivity index (χ0v) is 17.4. The summed E-state index contributed by atoms with van der Waals surface area (Å²) in [6.45, 7) is 5.82. The van der Waals surface area contributed by atoms with Crippen molar-refractivity contribution >= 4 is 11.5 Å². The normalized spacial score (nSPS) is 13.5. The van der Waals surface area contributed by atoms with Gasteiger partial charge in [-0.15, -0.1) is 0 Å². The van der Waals surface area contributed by atoms with Crippen LogP contribution in [-0.4, -0.2) is 32.8 Å². The number of ether oxygens (including phenoxy) is 2. The SMILES string of the molecule is CCC(C)(Oc1ccc(OCC=C(C)c2ccc(-n3ccnc3)cc2)cc1)C(=O)O. The van der Waals surface area contributed by atoms with Crippen LogP contribution in [0.25, 0.3) is 11.3 Å². The molecule has 0 bridgehead atoms. The molecule has 1 heterocycles. The van der Waals surface area contributed by atoms with E-state index in [0.29, 0.717) is 24.5 Å². The van der Waals surface area contributed by atoms with Gasteiger partial charge in [-0.3, -0.25) is 0 Å². The summed E-state index contributed by atoms with van der Waals surface area (Å²) >= 11 is 0. The molecule has 2 aromatic carbocycles. The number of aromatic nitrogens is 2. The molecule has 30 heavy (non-hydrogen) atoms. The van der Waals surface area contributed by atoms with Gasteiger partial charge in [0.05, 0.1) is 6.33 Å². The second kappa shape index (κ2) is 9.31. The van der Waals surface area contributed by atoms with E-state index in [2.05, 4.69) is 29.2 Å². The summed E-state index contributed by atoms with van der Waals surface area (Å²) in [5.74, 6) is 0.207. The van der Waals surface area contributed by atoms with Crippen LogP contribution in [0.1, 0.15) is 32.8 Å². The topological polar surface area (TPSA) is 73.6 Å². The maximum atomic E-state index is 11.4. The number of hydrogen-bond donors (Lipinski definition) is 1. The molecular formula is C24H26N2O4. The van der Waals surface area contributed by atoms with Gasteiger partial charge in [0.1, 0.15) is 18.1 Å². The highest BCUT2D eigenvalue weighted by Gasteiger charge is 2.33. The third-order valence-corrected chi connectivity index (χ3v) is 5.06. The quantitative estimate of drug-likeness (QED) is 0.542. The lowest BCUT2D eigenvalue weighted by Gasteiger charge is -2.24. The van der Waals surface area contributed by atoms with Crippen LogP contribution in [0.5, 0.6) is 11.5 Å². The molecular weight excluding hydrogens is 380 g/mol. The van der Waals surface area contributed by atoms with Crippen molar-refractivity contribution < 1.29 is 19.4 Å². The Labute approximate surface area is 176 Å². The van der Waals surface area contributed by atoms with Gasteiger partial charge in [-0.25, -0.2) is 9.78 Å². The molecule has 1 aromatic heterocycles. The fourth-order valence-electron chi connectivity index (χ4n) is 2.82. The third-order valence-electron chi connectivity index (χ3n) is 5.06. The van der Waals surface area contributed by atoms with Gasteiger partial charge in [-0.2, -0.15) is 0 Å². The molecule has 0 aliphatic heterocycles. The van der Waals surface area contributed by atoms with E-state index >= 15 is 0 Å². The first-order valence-electron chi connectivity index (χ1n) is 9.82. The molecule has 0 saturated carbocycles. The molecule has 1 unspecified atom stereocenters. The Bertz CT molecular complexity index is 993. The smallest absolute Gasteiger partial charge is 0.347 e. The van der Waals surface area contributed by atoms with E-state index in [1.807, 2.05) is 23.8 Å². The molecule has 0 radical (unpaired) electrons. The first-order valence-corrected chi connectivity index (χ1v) is 9.82. The Kier molecular flexibility index (Phi) is 6.57. The highest BCUT2D eigenvalue weighted by molar-refractivity contribution is 5.77. The van der Waals surface area contributed by atoms with E-state index in [1.54, 1.807) is 50.6 Å². The minimum Gasteiger partial charge on any atom is -0.490 e. The summed E-state index contributed by atoms with van der Waals surface area (Å²) in [6.07, 6.45) is 7.82. The lowest BCUT2D eigenvalue weighted by molar-refractivity contribution is -0.154. The van der Waals surface area contributed by atoms with Gasteiger partial charge in [-0.05, 0) is 73.9 Å². The van der Waals surface area contributed by atoms with Crippen molar-refractivity contribution in [3.63, 3.8) is 0 Å². The van der Waals surface area contributed by atoms with Crippen LogP contribution in [0.3, 0.4) is 0 Å². The van der Waals surface area contributed by atoms with E-state index in [-0.39, 0.29) is 0 Å². The number of nitrogens with zero attached hydrogens (tertiary/aromatic N) is 2. The lowest BCUT2D eigenvalue weighted by atomic mass is 10.0. The third kappa shape index (κ3) is 5.08. The maximum Gasteiger partial charge on any atom is 0.347 e. The Hall–Kier alpha value is -3.54. The lowest BCUT2D eigenvalue weighted by Crippen LogP contribution is -2.40. The standard InChI is InChI=1S/C24H26N2O4/c1-4-24(3,23(27)28)30-22-11-9-21(10-12-22)29-16-13-18(2)19-5-7-20(8-6-19)26-15-14-25-17-26/h5-15,17H,4,16H2,1-3H3,(H,27,28). The van der Waals surface area contributed by atoms with Crippen LogP contribution in [-0.2, 0) is 4.79 Å². The minimum absolute atomic E-state index is 0.369. The van der Waals surface area contributed by atoms with Crippen molar-refractivity contribution in [2.24, 2.45) is 0 Å². The van der Waals surface area contributed by atoms with Gasteiger partial charge in [0.15, 0.2) is 0 Å². The van der Waals surface area contributed by atoms with Gasteiger partial charge >= 0.3 is 5.97 Å². The Morgan fingerprint density at radius 1 is 1.13 bits per heavy atom. The average molecular weight is 406 g/mol. The van der Waals surface area contributed by atoms with E-state index in [1.165, 1.54) is 0 Å². The highest BCUT2D eigenvalue weighted by Crippen LogP contribution is 2.24. The summed E-state index contributed by atoms with van der Waals surface area (Å²) < 4.78 is 13.4. The van der Waals surface area contributed by atoms with Crippen molar-refractivity contribution in [2.45, 2.75) is 32.8 Å². The zero-order valence-electron chi connectivity index (χ0n) is 17.4. The van der Waals surface area contributed by atoms with Crippen LogP contribution in [0.4, 0.5) is 0 Å². The molecule has 3 rings (SSSR count). The molecule has 156 valence electrons. The number of rotatable bonds is 9. The molecule has 3 aromatic rings. The molecule has 0 aliphatic rings. The van der Waals surface area contributed by atoms with Crippen molar-refractivity contribution in [3.05, 3.63) is 78.9 Å². The summed E-state index contributed by atoms with van der Waals surface area (Å²) in [4.78, 5) is 15.4. The van der Waals surface area contributed by atoms with Crippen LogP contribution < -0.4 is 9.47 Å². The van der Waals surface area contributed by atoms with Crippen LogP contribution >= 0.6 is 0 Å². The zero-order chi connectivity index (χ0) is 21.6. The van der Waals surface area contributed by atoms with Crippen LogP contribution in [0.2, 0.25) is 0 Å². The monoisotopic (exact) mass is 406 g/mol. The van der Waals surface area contributed by atoms with E-state index in [0.717, 1.165) is 16.8 Å². The molecule has 6 nitrogen and oxygen atoms in total. The van der Waals surface area contributed by atoms with E-state index in [4.69, 9.17) is 9.47 Å². The summed E-state index contributed by atoms with van der Waals surface area (Å²) in [7, 11) is 0. The van der Waals surface area contributed by atoms with Gasteiger partial charge in [-0.1, -0.05) is 19.1 Å². The highest BCUT2D eigenvalue weighted by atomic mass is 16.5. The Morgan fingerprint density at radius 3 is 2.37 bits per heavy atom. The molecule has 0 spiro atoms. The summed E-state index contributed by atoms with van der Waals surface area (Å²) in [5.41, 5.74) is 2.06. The average Bonchev–Trinajstić information content (AvgIpc) is 3.30. The second-order valence-corrected chi connectivity index (χ2v) is 7.18. The Balaban J connectivity index is 1.56. The molecule has 0 amide bonds. The first-order chi connectivity index (χ1) is 14.4. The molecule has 0 fully saturated rings. The largest absolute Gasteiger partial charge is 0.490 e. The maximum absolute atomic E-state index is 11.4. The molecule has 6 heteroatoms. The molecule has 0 aliphatic carbocycles. The van der Waals surface area contributed by atoms with Crippen molar-refractivity contribution in [3.8, 4) is 17.2 Å². The van der Waals surface area contributed by atoms with E-state index in [9.17, 15) is 9.90 Å². The van der Waals surface area contributed by atoms with Gasteiger partial charge in [0.2, 0.25) is 5.60 Å². The van der Waals surface area contributed by atoms with Crippen molar-refractivity contribution in [2.75, 3.05) is 6.61 Å². The van der Waals surface area contributed by atoms with E-state index < -0.39 is 11.6 Å². The number of carboxylic acids is 1. The molecule has 0 saturated heterocycles. The number of aliphatic carboxylic acids is 1. The van der Waals surface area contributed by atoms with Crippen molar-refractivity contribution in [1.29, 1.82) is 0 Å². The number of carboxylic acid groups (broad SMARTS) is 1. The molecule has 1 N–H and O–H groups in total.